The van der Waals surface area contributed by atoms with Gasteiger partial charge >= 0.3 is 0 Å². The zero-order valence-electron chi connectivity index (χ0n) is 10.6. The van der Waals surface area contributed by atoms with Crippen molar-refractivity contribution in [2.24, 2.45) is 5.41 Å². The molecule has 19 heavy (non-hydrogen) atoms. The summed E-state index contributed by atoms with van der Waals surface area (Å²) in [6.07, 6.45) is 3.23. The number of allylic oxidation sites excluding steroid dienone is 1. The summed E-state index contributed by atoms with van der Waals surface area (Å²) in [5, 5.41) is 18.6. The molecule has 0 bridgehead atoms. The van der Waals surface area contributed by atoms with E-state index in [0.29, 0.717) is 30.8 Å². The van der Waals surface area contributed by atoms with Crippen LogP contribution in [0.1, 0.15) is 18.4 Å². The minimum atomic E-state index is -1.01. The zero-order chi connectivity index (χ0) is 13.7. The lowest BCUT2D eigenvalue weighted by atomic mass is 9.80. The highest BCUT2D eigenvalue weighted by atomic mass is 16.7. The monoisotopic (exact) mass is 254 g/mol. The molecule has 0 N–H and O–H groups in total. The zero-order valence-corrected chi connectivity index (χ0v) is 10.6. The number of benzene rings is 1. The molecule has 2 rings (SSSR count). The van der Waals surface area contributed by atoms with Crippen LogP contribution >= 0.6 is 0 Å². The minimum Gasteiger partial charge on any atom is -0.454 e. The van der Waals surface area contributed by atoms with Crippen molar-refractivity contribution in [3.63, 3.8) is 0 Å². The molecular formula is C15H14N2O2. The fourth-order valence-corrected chi connectivity index (χ4v) is 2.05. The number of hydrogen-bond acceptors (Lipinski definition) is 4. The second-order valence-electron chi connectivity index (χ2n) is 4.50. The van der Waals surface area contributed by atoms with E-state index in [9.17, 15) is 10.5 Å². The van der Waals surface area contributed by atoms with Crippen LogP contribution in [0.2, 0.25) is 0 Å². The predicted molar refractivity (Wildman–Crippen MR) is 69.4 cm³/mol. The van der Waals surface area contributed by atoms with Gasteiger partial charge in [0.05, 0.1) is 12.1 Å². The Kier molecular flexibility index (Phi) is 3.73. The number of rotatable bonds is 5. The topological polar surface area (TPSA) is 66.0 Å². The Morgan fingerprint density at radius 1 is 1.26 bits per heavy atom. The molecular weight excluding hydrogens is 240 g/mol. The average Bonchev–Trinajstić information content (AvgIpc) is 2.91. The fourth-order valence-electron chi connectivity index (χ4n) is 2.05. The van der Waals surface area contributed by atoms with Gasteiger partial charge in [-0.1, -0.05) is 12.1 Å². The molecule has 1 aromatic rings. The molecule has 1 heterocycles. The maximum absolute atomic E-state index is 9.30. The van der Waals surface area contributed by atoms with Crippen molar-refractivity contribution < 1.29 is 9.47 Å². The van der Waals surface area contributed by atoms with Crippen molar-refractivity contribution in [2.45, 2.75) is 19.3 Å². The molecule has 0 aliphatic carbocycles. The summed E-state index contributed by atoms with van der Waals surface area (Å²) in [7, 11) is 0. The van der Waals surface area contributed by atoms with Gasteiger partial charge in [-0.2, -0.15) is 10.5 Å². The van der Waals surface area contributed by atoms with Gasteiger partial charge in [0.1, 0.15) is 5.41 Å². The SMILES string of the molecule is C=CCCC(C#N)(C#N)Cc1ccc2c(c1)OCO2. The number of hydrogen-bond donors (Lipinski definition) is 0. The summed E-state index contributed by atoms with van der Waals surface area (Å²) in [6.45, 7) is 3.85. The van der Waals surface area contributed by atoms with Crippen LogP contribution in [0.4, 0.5) is 0 Å². The van der Waals surface area contributed by atoms with Crippen molar-refractivity contribution in [3.05, 3.63) is 36.4 Å². The Labute approximate surface area is 112 Å². The van der Waals surface area contributed by atoms with Gasteiger partial charge in [-0.3, -0.25) is 0 Å². The lowest BCUT2D eigenvalue weighted by Crippen LogP contribution is -2.19. The Bertz CT molecular complexity index is 552. The highest BCUT2D eigenvalue weighted by molar-refractivity contribution is 5.45. The van der Waals surface area contributed by atoms with Gasteiger partial charge in [0.2, 0.25) is 6.79 Å². The first-order valence-electron chi connectivity index (χ1n) is 6.05. The van der Waals surface area contributed by atoms with Crippen molar-refractivity contribution >= 4 is 0 Å². The third kappa shape index (κ3) is 2.69. The van der Waals surface area contributed by atoms with Gasteiger partial charge in [-0.25, -0.2) is 0 Å². The predicted octanol–water partition coefficient (Wildman–Crippen LogP) is 2.96. The van der Waals surface area contributed by atoms with Crippen LogP contribution in [0, 0.1) is 28.1 Å². The first kappa shape index (κ1) is 13.0. The number of fused-ring (bicyclic) bond motifs is 1. The van der Waals surface area contributed by atoms with Crippen LogP contribution in [0.3, 0.4) is 0 Å². The Balaban J connectivity index is 2.20. The van der Waals surface area contributed by atoms with Crippen LogP contribution in [0.15, 0.2) is 30.9 Å². The molecule has 0 saturated heterocycles. The summed E-state index contributed by atoms with van der Waals surface area (Å²) in [4.78, 5) is 0. The molecule has 0 amide bonds. The molecule has 0 fully saturated rings. The summed E-state index contributed by atoms with van der Waals surface area (Å²) < 4.78 is 10.5. The fraction of sp³-hybridized carbons (Fsp3) is 0.333. The second-order valence-corrected chi connectivity index (χ2v) is 4.50. The standard InChI is InChI=1S/C15H14N2O2/c1-2-3-6-15(9-16,10-17)8-12-4-5-13-14(7-12)19-11-18-13/h2,4-5,7H,1,3,6,8,11H2. The summed E-state index contributed by atoms with van der Waals surface area (Å²) in [6, 6.07) is 9.78. The highest BCUT2D eigenvalue weighted by Gasteiger charge is 2.30. The van der Waals surface area contributed by atoms with E-state index in [-0.39, 0.29) is 6.79 Å². The van der Waals surface area contributed by atoms with E-state index in [0.717, 1.165) is 5.56 Å². The Morgan fingerprint density at radius 2 is 2.00 bits per heavy atom. The largest absolute Gasteiger partial charge is 0.454 e. The highest BCUT2D eigenvalue weighted by Crippen LogP contribution is 2.35. The van der Waals surface area contributed by atoms with E-state index in [1.54, 1.807) is 6.08 Å². The molecule has 96 valence electrons. The molecule has 1 aromatic carbocycles. The van der Waals surface area contributed by atoms with Crippen molar-refractivity contribution in [1.29, 1.82) is 10.5 Å². The first-order chi connectivity index (χ1) is 9.23. The molecule has 0 saturated carbocycles. The molecule has 1 aliphatic heterocycles. The molecule has 4 heteroatoms. The van der Waals surface area contributed by atoms with E-state index < -0.39 is 5.41 Å². The number of ether oxygens (including phenoxy) is 2. The smallest absolute Gasteiger partial charge is 0.231 e. The molecule has 0 radical (unpaired) electrons. The van der Waals surface area contributed by atoms with Crippen LogP contribution in [0.25, 0.3) is 0 Å². The molecule has 0 unspecified atom stereocenters. The Morgan fingerprint density at radius 3 is 2.68 bits per heavy atom. The van der Waals surface area contributed by atoms with Gasteiger partial charge < -0.3 is 9.47 Å². The van der Waals surface area contributed by atoms with E-state index in [1.165, 1.54) is 0 Å². The van der Waals surface area contributed by atoms with Gasteiger partial charge in [0.25, 0.3) is 0 Å². The van der Waals surface area contributed by atoms with Crippen LogP contribution in [-0.2, 0) is 6.42 Å². The maximum Gasteiger partial charge on any atom is 0.231 e. The van der Waals surface area contributed by atoms with Gasteiger partial charge in [0, 0.05) is 6.42 Å². The first-order valence-corrected chi connectivity index (χ1v) is 6.05. The second kappa shape index (κ2) is 5.46. The molecule has 4 nitrogen and oxygen atoms in total. The van der Waals surface area contributed by atoms with Gasteiger partial charge in [-0.15, -0.1) is 6.58 Å². The van der Waals surface area contributed by atoms with Crippen LogP contribution in [0.5, 0.6) is 11.5 Å². The van der Waals surface area contributed by atoms with E-state index in [1.807, 2.05) is 18.2 Å². The van der Waals surface area contributed by atoms with Gasteiger partial charge in [0.15, 0.2) is 11.5 Å². The average molecular weight is 254 g/mol. The quantitative estimate of drug-likeness (QED) is 0.758. The molecule has 0 spiro atoms. The molecule has 0 aromatic heterocycles. The third-order valence-electron chi connectivity index (χ3n) is 3.15. The van der Waals surface area contributed by atoms with E-state index >= 15 is 0 Å². The summed E-state index contributed by atoms with van der Waals surface area (Å²) in [5.41, 5.74) is -0.113. The van der Waals surface area contributed by atoms with Crippen molar-refractivity contribution in [1.82, 2.24) is 0 Å². The maximum atomic E-state index is 9.30. The van der Waals surface area contributed by atoms with Crippen molar-refractivity contribution in [2.75, 3.05) is 6.79 Å². The van der Waals surface area contributed by atoms with Crippen LogP contribution < -0.4 is 9.47 Å². The van der Waals surface area contributed by atoms with E-state index in [4.69, 9.17) is 9.47 Å². The van der Waals surface area contributed by atoms with Gasteiger partial charge in [-0.05, 0) is 30.5 Å². The summed E-state index contributed by atoms with van der Waals surface area (Å²) in [5.74, 6) is 1.38. The Hall–Kier alpha value is -2.46. The summed E-state index contributed by atoms with van der Waals surface area (Å²) >= 11 is 0. The normalized spacial score (nSPS) is 12.5. The third-order valence-corrected chi connectivity index (χ3v) is 3.15. The number of nitrogens with zero attached hydrogens (tertiary/aromatic N) is 2. The van der Waals surface area contributed by atoms with Crippen LogP contribution in [-0.4, -0.2) is 6.79 Å². The van der Waals surface area contributed by atoms with Crippen molar-refractivity contribution in [3.8, 4) is 23.6 Å². The number of nitriles is 2. The minimum absolute atomic E-state index is 0.219. The van der Waals surface area contributed by atoms with E-state index in [2.05, 4.69) is 18.7 Å². The lowest BCUT2D eigenvalue weighted by Gasteiger charge is -2.17. The molecule has 1 aliphatic rings. The molecule has 0 atom stereocenters. The lowest BCUT2D eigenvalue weighted by molar-refractivity contribution is 0.174.